The molecule has 2 amide bonds. The van der Waals surface area contributed by atoms with Crippen LogP contribution in [0.2, 0.25) is 0 Å². The Morgan fingerprint density at radius 2 is 1.91 bits per heavy atom. The highest BCUT2D eigenvalue weighted by atomic mass is 16.5. The quantitative estimate of drug-likeness (QED) is 0.871. The van der Waals surface area contributed by atoms with Crippen LogP contribution in [-0.4, -0.2) is 19.7 Å². The molecule has 0 bridgehead atoms. The zero-order chi connectivity index (χ0) is 16.2. The lowest BCUT2D eigenvalue weighted by Crippen LogP contribution is -2.36. The molecule has 0 aromatic heterocycles. The minimum atomic E-state index is -0.0614. The van der Waals surface area contributed by atoms with E-state index in [0.717, 1.165) is 41.2 Å². The largest absolute Gasteiger partial charge is 0.496 e. The maximum Gasteiger partial charge on any atom is 0.315 e. The van der Waals surface area contributed by atoms with E-state index < -0.39 is 0 Å². The number of benzene rings is 1. The Balaban J connectivity index is 1.42. The summed E-state index contributed by atoms with van der Waals surface area (Å²) in [5.74, 6) is 3.33. The van der Waals surface area contributed by atoms with E-state index in [0.29, 0.717) is 6.54 Å². The van der Waals surface area contributed by atoms with Crippen molar-refractivity contribution in [1.29, 1.82) is 0 Å². The molecule has 2 aliphatic rings. The molecule has 0 heterocycles. The van der Waals surface area contributed by atoms with E-state index in [4.69, 9.17) is 4.74 Å². The van der Waals surface area contributed by atoms with Crippen LogP contribution < -0.4 is 15.4 Å². The third kappa shape index (κ3) is 3.80. The summed E-state index contributed by atoms with van der Waals surface area (Å²) >= 11 is 0. The second-order valence-corrected chi connectivity index (χ2v) is 6.94. The number of carbonyl (C=O) groups is 1. The molecule has 1 aromatic rings. The number of nitrogens with one attached hydrogen (secondary N) is 2. The van der Waals surface area contributed by atoms with Gasteiger partial charge in [-0.05, 0) is 54.7 Å². The molecular weight excluding hydrogens is 288 g/mol. The van der Waals surface area contributed by atoms with Gasteiger partial charge in [-0.15, -0.1) is 0 Å². The number of amides is 2. The smallest absolute Gasteiger partial charge is 0.315 e. The fourth-order valence-electron chi connectivity index (χ4n) is 4.14. The van der Waals surface area contributed by atoms with Gasteiger partial charge in [0.1, 0.15) is 5.75 Å². The average molecular weight is 316 g/mol. The van der Waals surface area contributed by atoms with Gasteiger partial charge in [0, 0.05) is 13.1 Å². The molecule has 2 fully saturated rings. The Kier molecular flexibility index (Phi) is 5.09. The minimum Gasteiger partial charge on any atom is -0.496 e. The van der Waals surface area contributed by atoms with Crippen LogP contribution in [0.25, 0.3) is 0 Å². The summed E-state index contributed by atoms with van der Waals surface area (Å²) in [7, 11) is 1.67. The van der Waals surface area contributed by atoms with Gasteiger partial charge in [-0.25, -0.2) is 4.79 Å². The van der Waals surface area contributed by atoms with Crippen molar-refractivity contribution in [3.05, 3.63) is 29.3 Å². The molecule has 3 rings (SSSR count). The number of fused-ring (bicyclic) bond motifs is 1. The molecule has 0 spiro atoms. The van der Waals surface area contributed by atoms with Gasteiger partial charge >= 0.3 is 6.03 Å². The van der Waals surface area contributed by atoms with Crippen molar-refractivity contribution in [2.45, 2.75) is 45.6 Å². The van der Waals surface area contributed by atoms with Gasteiger partial charge in [-0.2, -0.15) is 0 Å². The van der Waals surface area contributed by atoms with Crippen molar-refractivity contribution < 1.29 is 9.53 Å². The highest BCUT2D eigenvalue weighted by molar-refractivity contribution is 5.73. The number of hydrogen-bond donors (Lipinski definition) is 2. The Hall–Kier alpha value is -1.71. The standard InChI is InChI=1S/C19H28N2O2/c1-13-14(7-6-10-18(13)23-2)11-20-19(22)21-12-17-15-8-4-3-5-9-16(15)17/h6-7,10,15-17H,3-5,8-9,11-12H2,1-2H3,(H2,20,21,22). The molecule has 2 saturated carbocycles. The lowest BCUT2D eigenvalue weighted by atomic mass is 10.1. The summed E-state index contributed by atoms with van der Waals surface area (Å²) < 4.78 is 5.32. The summed E-state index contributed by atoms with van der Waals surface area (Å²) in [6.45, 7) is 3.39. The van der Waals surface area contributed by atoms with Crippen molar-refractivity contribution in [1.82, 2.24) is 10.6 Å². The lowest BCUT2D eigenvalue weighted by Gasteiger charge is -2.12. The van der Waals surface area contributed by atoms with E-state index in [1.807, 2.05) is 25.1 Å². The number of urea groups is 1. The number of methoxy groups -OCH3 is 1. The molecule has 2 N–H and O–H groups in total. The van der Waals surface area contributed by atoms with Crippen molar-refractivity contribution in [3.63, 3.8) is 0 Å². The van der Waals surface area contributed by atoms with Crippen LogP contribution in [0.3, 0.4) is 0 Å². The van der Waals surface area contributed by atoms with Crippen LogP contribution in [0.4, 0.5) is 4.79 Å². The van der Waals surface area contributed by atoms with E-state index in [1.54, 1.807) is 7.11 Å². The third-order valence-electron chi connectivity index (χ3n) is 5.64. The molecule has 23 heavy (non-hydrogen) atoms. The molecule has 2 aliphatic carbocycles. The first-order chi connectivity index (χ1) is 11.2. The normalized spacial score (nSPS) is 25.9. The van der Waals surface area contributed by atoms with Crippen LogP contribution in [0, 0.1) is 24.7 Å². The van der Waals surface area contributed by atoms with Gasteiger partial charge in [-0.1, -0.05) is 31.4 Å². The molecule has 2 atom stereocenters. The molecular formula is C19H28N2O2. The van der Waals surface area contributed by atoms with Crippen LogP contribution in [0.5, 0.6) is 5.75 Å². The fraction of sp³-hybridized carbons (Fsp3) is 0.632. The van der Waals surface area contributed by atoms with Gasteiger partial charge in [0.05, 0.1) is 7.11 Å². The van der Waals surface area contributed by atoms with Gasteiger partial charge in [0.25, 0.3) is 0 Å². The van der Waals surface area contributed by atoms with Crippen molar-refractivity contribution >= 4 is 6.03 Å². The highest BCUT2D eigenvalue weighted by Gasteiger charge is 2.48. The SMILES string of the molecule is COc1cccc(CNC(=O)NCC2C3CCCCCC32)c1C. The summed E-state index contributed by atoms with van der Waals surface area (Å²) in [5, 5.41) is 6.02. The molecule has 4 heteroatoms. The van der Waals surface area contributed by atoms with Crippen LogP contribution in [0.1, 0.15) is 43.2 Å². The Morgan fingerprint density at radius 3 is 2.61 bits per heavy atom. The van der Waals surface area contributed by atoms with Crippen LogP contribution in [-0.2, 0) is 6.54 Å². The predicted octanol–water partition coefficient (Wildman–Crippen LogP) is 3.63. The van der Waals surface area contributed by atoms with Gasteiger partial charge in [-0.3, -0.25) is 0 Å². The van der Waals surface area contributed by atoms with E-state index in [9.17, 15) is 4.79 Å². The van der Waals surface area contributed by atoms with Crippen LogP contribution >= 0.6 is 0 Å². The second kappa shape index (κ2) is 7.24. The zero-order valence-electron chi connectivity index (χ0n) is 14.2. The summed E-state index contributed by atoms with van der Waals surface area (Å²) in [4.78, 5) is 12.0. The molecule has 0 saturated heterocycles. The number of rotatable bonds is 5. The van der Waals surface area contributed by atoms with E-state index >= 15 is 0 Å². The van der Waals surface area contributed by atoms with Crippen molar-refractivity contribution in [2.24, 2.45) is 17.8 Å². The average Bonchev–Trinajstić information content (AvgIpc) is 3.27. The molecule has 4 nitrogen and oxygen atoms in total. The Morgan fingerprint density at radius 1 is 1.17 bits per heavy atom. The van der Waals surface area contributed by atoms with Gasteiger partial charge < -0.3 is 15.4 Å². The molecule has 126 valence electrons. The van der Waals surface area contributed by atoms with Gasteiger partial charge in [0.15, 0.2) is 0 Å². The third-order valence-corrected chi connectivity index (χ3v) is 5.64. The summed E-state index contributed by atoms with van der Waals surface area (Å²) in [6.07, 6.45) is 6.87. The van der Waals surface area contributed by atoms with E-state index in [1.165, 1.54) is 32.1 Å². The second-order valence-electron chi connectivity index (χ2n) is 6.94. The number of carbonyl (C=O) groups excluding carboxylic acids is 1. The zero-order valence-corrected chi connectivity index (χ0v) is 14.2. The van der Waals surface area contributed by atoms with Gasteiger partial charge in [0.2, 0.25) is 0 Å². The van der Waals surface area contributed by atoms with Crippen molar-refractivity contribution in [2.75, 3.05) is 13.7 Å². The molecule has 0 aliphatic heterocycles. The maximum absolute atomic E-state index is 12.0. The highest BCUT2D eigenvalue weighted by Crippen LogP contribution is 2.53. The molecule has 0 radical (unpaired) electrons. The maximum atomic E-state index is 12.0. The summed E-state index contributed by atoms with van der Waals surface area (Å²) in [5.41, 5.74) is 2.18. The first kappa shape index (κ1) is 16.2. The predicted molar refractivity (Wildman–Crippen MR) is 91.5 cm³/mol. The fourth-order valence-corrected chi connectivity index (χ4v) is 4.14. The van der Waals surface area contributed by atoms with Crippen LogP contribution in [0.15, 0.2) is 18.2 Å². The first-order valence-corrected chi connectivity index (χ1v) is 8.85. The van der Waals surface area contributed by atoms with Crippen molar-refractivity contribution in [3.8, 4) is 5.75 Å². The first-order valence-electron chi connectivity index (χ1n) is 8.85. The number of hydrogen-bond acceptors (Lipinski definition) is 2. The Labute approximate surface area is 139 Å². The van der Waals surface area contributed by atoms with E-state index in [2.05, 4.69) is 10.6 Å². The molecule has 1 aromatic carbocycles. The van der Waals surface area contributed by atoms with E-state index in [-0.39, 0.29) is 6.03 Å². The topological polar surface area (TPSA) is 50.4 Å². The molecule has 2 unspecified atom stereocenters. The Bertz CT molecular complexity index is 546. The summed E-state index contributed by atoms with van der Waals surface area (Å²) in [6, 6.07) is 5.86. The minimum absolute atomic E-state index is 0.0614. The number of ether oxygens (including phenoxy) is 1. The monoisotopic (exact) mass is 316 g/mol. The lowest BCUT2D eigenvalue weighted by molar-refractivity contribution is 0.239.